The molecule has 0 bridgehead atoms. The van der Waals surface area contributed by atoms with Crippen molar-refractivity contribution >= 4 is 0 Å². The van der Waals surface area contributed by atoms with Crippen molar-refractivity contribution in [2.24, 2.45) is 0 Å². The molecule has 0 spiro atoms. The third-order valence-corrected chi connectivity index (χ3v) is 1.59. The molecule has 0 aliphatic heterocycles. The molecule has 60 valence electrons. The van der Waals surface area contributed by atoms with Crippen LogP contribution in [0.15, 0.2) is 0 Å². The summed E-state index contributed by atoms with van der Waals surface area (Å²) in [6.07, 6.45) is 1.83. The van der Waals surface area contributed by atoms with Crippen LogP contribution in [0.5, 0.6) is 0 Å². The molecule has 2 nitrogen and oxygen atoms in total. The molecule has 1 rings (SSSR count). The molecule has 10 heavy (non-hydrogen) atoms. The maximum Gasteiger partial charge on any atom is 0.0631 e. The van der Waals surface area contributed by atoms with Gasteiger partial charge in [0.1, 0.15) is 0 Å². The third-order valence-electron chi connectivity index (χ3n) is 1.59. The van der Waals surface area contributed by atoms with Gasteiger partial charge in [-0.15, -0.1) is 0 Å². The van der Waals surface area contributed by atoms with Crippen LogP contribution in [0.4, 0.5) is 0 Å². The molecule has 1 N–H and O–H groups in total. The van der Waals surface area contributed by atoms with Crippen molar-refractivity contribution in [3.05, 3.63) is 0 Å². The number of aliphatic hydroxyl groups excluding tert-OH is 1. The summed E-state index contributed by atoms with van der Waals surface area (Å²) >= 11 is 0. The maximum absolute atomic E-state index is 8.94. The number of aliphatic hydroxyl groups is 1. The van der Waals surface area contributed by atoms with Crippen molar-refractivity contribution in [1.29, 1.82) is 0 Å². The highest BCUT2D eigenvalue weighted by molar-refractivity contribution is 4.81. The molecule has 0 saturated heterocycles. The fourth-order valence-corrected chi connectivity index (χ4v) is 1.13. The van der Waals surface area contributed by atoms with Crippen LogP contribution < -0.4 is 0 Å². The lowest BCUT2D eigenvalue weighted by atomic mass is 9.91. The van der Waals surface area contributed by atoms with Crippen molar-refractivity contribution in [3.8, 4) is 0 Å². The van der Waals surface area contributed by atoms with E-state index in [1.807, 2.05) is 20.8 Å². The molecule has 2 heteroatoms. The number of rotatable bonds is 1. The summed E-state index contributed by atoms with van der Waals surface area (Å²) < 4.78 is 5.58. The fourth-order valence-electron chi connectivity index (χ4n) is 1.13. The molecule has 0 aromatic carbocycles. The van der Waals surface area contributed by atoms with Crippen LogP contribution in [-0.2, 0) is 4.74 Å². The molecule has 0 amide bonds. The summed E-state index contributed by atoms with van der Waals surface area (Å²) in [4.78, 5) is 0. The fraction of sp³-hybridized carbons (Fsp3) is 1.00. The van der Waals surface area contributed by atoms with Crippen molar-refractivity contribution < 1.29 is 9.84 Å². The maximum atomic E-state index is 8.94. The zero-order chi connectivity index (χ0) is 7.78. The van der Waals surface area contributed by atoms with Gasteiger partial charge in [0.05, 0.1) is 17.8 Å². The number of hydrogen-bond donors (Lipinski definition) is 1. The Hall–Kier alpha value is -0.0800. The summed E-state index contributed by atoms with van der Waals surface area (Å²) in [7, 11) is 0. The topological polar surface area (TPSA) is 29.5 Å². The van der Waals surface area contributed by atoms with Crippen LogP contribution in [0.25, 0.3) is 0 Å². The molecule has 0 aromatic heterocycles. The Balaban J connectivity index is 2.16. The Morgan fingerprint density at radius 2 is 1.80 bits per heavy atom. The third kappa shape index (κ3) is 2.27. The Bertz CT molecular complexity index is 109. The Morgan fingerprint density at radius 1 is 1.30 bits per heavy atom. The molecule has 1 saturated carbocycles. The van der Waals surface area contributed by atoms with Crippen molar-refractivity contribution in [2.75, 3.05) is 0 Å². The first-order valence-electron chi connectivity index (χ1n) is 3.83. The standard InChI is InChI=1S/C8H16O2/c1-8(2,3)10-7-4-6(9)5-7/h6-7,9H,4-5H2,1-3H3. The average molecular weight is 144 g/mol. The predicted molar refractivity (Wildman–Crippen MR) is 39.9 cm³/mol. The predicted octanol–water partition coefficient (Wildman–Crippen LogP) is 1.32. The van der Waals surface area contributed by atoms with E-state index in [1.54, 1.807) is 0 Å². The van der Waals surface area contributed by atoms with E-state index < -0.39 is 0 Å². The van der Waals surface area contributed by atoms with Gasteiger partial charge in [-0.3, -0.25) is 0 Å². The summed E-state index contributed by atoms with van der Waals surface area (Å²) in [6.45, 7) is 6.12. The normalized spacial score (nSPS) is 33.6. The van der Waals surface area contributed by atoms with Gasteiger partial charge in [-0.2, -0.15) is 0 Å². The zero-order valence-corrected chi connectivity index (χ0v) is 6.92. The van der Waals surface area contributed by atoms with Gasteiger partial charge in [-0.1, -0.05) is 0 Å². The lowest BCUT2D eigenvalue weighted by Gasteiger charge is -2.36. The highest BCUT2D eigenvalue weighted by Crippen LogP contribution is 2.27. The van der Waals surface area contributed by atoms with Gasteiger partial charge in [-0.05, 0) is 33.6 Å². The minimum absolute atomic E-state index is 0.0508. The van der Waals surface area contributed by atoms with Crippen LogP contribution in [0, 0.1) is 0 Å². The van der Waals surface area contributed by atoms with Gasteiger partial charge in [-0.25, -0.2) is 0 Å². The molecule has 0 atom stereocenters. The summed E-state index contributed by atoms with van der Waals surface area (Å²) in [5, 5.41) is 8.94. The quantitative estimate of drug-likeness (QED) is 0.601. The Kier molecular flexibility index (Phi) is 2.02. The molecule has 1 aliphatic rings. The summed E-state index contributed by atoms with van der Waals surface area (Å²) in [5.74, 6) is 0. The van der Waals surface area contributed by atoms with E-state index >= 15 is 0 Å². The first kappa shape index (κ1) is 8.02. The van der Waals surface area contributed by atoms with Crippen LogP contribution in [0.3, 0.4) is 0 Å². The van der Waals surface area contributed by atoms with E-state index in [0.29, 0.717) is 6.10 Å². The van der Waals surface area contributed by atoms with Gasteiger partial charge < -0.3 is 9.84 Å². The molecular weight excluding hydrogens is 128 g/mol. The molecule has 0 aromatic rings. The molecule has 0 radical (unpaired) electrons. The van der Waals surface area contributed by atoms with Crippen molar-refractivity contribution in [1.82, 2.24) is 0 Å². The van der Waals surface area contributed by atoms with E-state index in [9.17, 15) is 0 Å². The summed E-state index contributed by atoms with van der Waals surface area (Å²) in [6, 6.07) is 0. The molecule has 0 heterocycles. The molecular formula is C8H16O2. The van der Waals surface area contributed by atoms with Crippen molar-refractivity contribution in [3.63, 3.8) is 0 Å². The second kappa shape index (κ2) is 2.51. The first-order valence-corrected chi connectivity index (χ1v) is 3.83. The minimum Gasteiger partial charge on any atom is -0.393 e. The summed E-state index contributed by atoms with van der Waals surface area (Å²) in [5.41, 5.74) is -0.0508. The molecule has 1 aliphatic carbocycles. The second-order valence-corrected chi connectivity index (χ2v) is 3.98. The largest absolute Gasteiger partial charge is 0.393 e. The van der Waals surface area contributed by atoms with Crippen molar-refractivity contribution in [2.45, 2.75) is 51.4 Å². The van der Waals surface area contributed by atoms with E-state index in [-0.39, 0.29) is 11.7 Å². The molecule has 0 unspecified atom stereocenters. The van der Waals surface area contributed by atoms with Crippen LogP contribution in [0.2, 0.25) is 0 Å². The van der Waals surface area contributed by atoms with Gasteiger partial charge in [0.2, 0.25) is 0 Å². The Morgan fingerprint density at radius 3 is 2.10 bits per heavy atom. The monoisotopic (exact) mass is 144 g/mol. The van der Waals surface area contributed by atoms with Gasteiger partial charge in [0, 0.05) is 0 Å². The lowest BCUT2D eigenvalue weighted by molar-refractivity contribution is -0.132. The molecule has 1 fully saturated rings. The van der Waals surface area contributed by atoms with E-state index in [2.05, 4.69) is 0 Å². The minimum atomic E-state index is -0.104. The van der Waals surface area contributed by atoms with E-state index in [0.717, 1.165) is 12.8 Å². The highest BCUT2D eigenvalue weighted by atomic mass is 16.5. The SMILES string of the molecule is CC(C)(C)OC1CC(O)C1. The average Bonchev–Trinajstić information content (AvgIpc) is 1.57. The van der Waals surface area contributed by atoms with Crippen LogP contribution in [-0.4, -0.2) is 22.9 Å². The van der Waals surface area contributed by atoms with Gasteiger partial charge in [0.15, 0.2) is 0 Å². The van der Waals surface area contributed by atoms with Crippen LogP contribution in [0.1, 0.15) is 33.6 Å². The van der Waals surface area contributed by atoms with E-state index in [4.69, 9.17) is 9.84 Å². The zero-order valence-electron chi connectivity index (χ0n) is 6.92. The second-order valence-electron chi connectivity index (χ2n) is 3.98. The smallest absolute Gasteiger partial charge is 0.0631 e. The number of hydrogen-bond acceptors (Lipinski definition) is 2. The number of ether oxygens (including phenoxy) is 1. The highest BCUT2D eigenvalue weighted by Gasteiger charge is 2.31. The Labute approximate surface area is 62.2 Å². The van der Waals surface area contributed by atoms with Gasteiger partial charge >= 0.3 is 0 Å². The lowest BCUT2D eigenvalue weighted by Crippen LogP contribution is -2.40. The van der Waals surface area contributed by atoms with Crippen LogP contribution >= 0.6 is 0 Å². The van der Waals surface area contributed by atoms with Gasteiger partial charge in [0.25, 0.3) is 0 Å². The van der Waals surface area contributed by atoms with E-state index in [1.165, 1.54) is 0 Å². The first-order chi connectivity index (χ1) is 4.47.